The van der Waals surface area contributed by atoms with Gasteiger partial charge in [0.15, 0.2) is 0 Å². The van der Waals surface area contributed by atoms with Crippen LogP contribution in [0.1, 0.15) is 11.1 Å². The van der Waals surface area contributed by atoms with E-state index in [0.29, 0.717) is 11.6 Å². The van der Waals surface area contributed by atoms with Gasteiger partial charge in [-0.1, -0.05) is 23.7 Å². The smallest absolute Gasteiger partial charge is 0.339 e. The minimum atomic E-state index is -4.46. The first-order valence-electron chi connectivity index (χ1n) is 5.55. The highest BCUT2D eigenvalue weighted by Crippen LogP contribution is 2.33. The summed E-state index contributed by atoms with van der Waals surface area (Å²) in [5.41, 5.74) is 0.638. The largest absolute Gasteiger partial charge is 0.417 e. The fraction of sp³-hybridized carbons (Fsp3) is 0.154. The maximum atomic E-state index is 12.5. The first-order chi connectivity index (χ1) is 9.40. The lowest BCUT2D eigenvalue weighted by molar-refractivity contribution is -0.137. The fourth-order valence-electron chi connectivity index (χ4n) is 1.55. The van der Waals surface area contributed by atoms with Gasteiger partial charge in [-0.05, 0) is 23.8 Å². The fourth-order valence-corrected chi connectivity index (χ4v) is 1.93. The normalized spacial score (nSPS) is 11.4. The second-order valence-corrected chi connectivity index (χ2v) is 4.69. The van der Waals surface area contributed by atoms with Crippen molar-refractivity contribution in [1.82, 2.24) is 4.98 Å². The SMILES string of the molecule is FC(F)(F)c1cnc(Nc2cccc(CCl)c2)c(Cl)c1. The quantitative estimate of drug-likeness (QED) is 0.782. The molecule has 0 aliphatic rings. The van der Waals surface area contributed by atoms with Crippen LogP contribution in [0.2, 0.25) is 5.02 Å². The zero-order chi connectivity index (χ0) is 14.8. The Labute approximate surface area is 123 Å². The summed E-state index contributed by atoms with van der Waals surface area (Å²) >= 11 is 11.5. The lowest BCUT2D eigenvalue weighted by atomic mass is 10.2. The van der Waals surface area contributed by atoms with Crippen molar-refractivity contribution in [3.05, 3.63) is 52.7 Å². The van der Waals surface area contributed by atoms with Gasteiger partial charge in [-0.25, -0.2) is 4.98 Å². The zero-order valence-corrected chi connectivity index (χ0v) is 11.5. The number of aromatic nitrogens is 1. The number of alkyl halides is 4. The number of hydrogen-bond acceptors (Lipinski definition) is 2. The summed E-state index contributed by atoms with van der Waals surface area (Å²) in [7, 11) is 0. The molecule has 2 nitrogen and oxygen atoms in total. The molecule has 2 aromatic rings. The monoisotopic (exact) mass is 320 g/mol. The van der Waals surface area contributed by atoms with Crippen molar-refractivity contribution >= 4 is 34.7 Å². The van der Waals surface area contributed by atoms with E-state index in [0.717, 1.165) is 17.8 Å². The molecule has 1 N–H and O–H groups in total. The summed E-state index contributed by atoms with van der Waals surface area (Å²) < 4.78 is 37.5. The number of anilines is 2. The van der Waals surface area contributed by atoms with Crippen molar-refractivity contribution < 1.29 is 13.2 Å². The van der Waals surface area contributed by atoms with E-state index < -0.39 is 11.7 Å². The summed E-state index contributed by atoms with van der Waals surface area (Å²) in [6.07, 6.45) is -3.73. The Kier molecular flexibility index (Phi) is 4.40. The highest BCUT2D eigenvalue weighted by molar-refractivity contribution is 6.33. The zero-order valence-electron chi connectivity index (χ0n) is 10.0. The number of hydrogen-bond donors (Lipinski definition) is 1. The summed E-state index contributed by atoms with van der Waals surface area (Å²) in [6, 6.07) is 7.95. The Hall–Kier alpha value is -1.46. The van der Waals surface area contributed by atoms with E-state index >= 15 is 0 Å². The molecule has 20 heavy (non-hydrogen) atoms. The van der Waals surface area contributed by atoms with Gasteiger partial charge in [0.1, 0.15) is 5.82 Å². The van der Waals surface area contributed by atoms with Gasteiger partial charge in [0.2, 0.25) is 0 Å². The molecule has 0 saturated heterocycles. The van der Waals surface area contributed by atoms with E-state index in [1.165, 1.54) is 0 Å². The molecule has 0 spiro atoms. The van der Waals surface area contributed by atoms with Gasteiger partial charge in [0.05, 0.1) is 10.6 Å². The number of halogens is 5. The average molecular weight is 321 g/mol. The Balaban J connectivity index is 2.25. The predicted molar refractivity (Wildman–Crippen MR) is 73.5 cm³/mol. The highest BCUT2D eigenvalue weighted by atomic mass is 35.5. The summed E-state index contributed by atoms with van der Waals surface area (Å²) in [5, 5.41) is 2.76. The van der Waals surface area contributed by atoms with Crippen molar-refractivity contribution in [2.75, 3.05) is 5.32 Å². The average Bonchev–Trinajstić information content (AvgIpc) is 2.40. The van der Waals surface area contributed by atoms with E-state index in [1.54, 1.807) is 18.2 Å². The number of benzene rings is 1. The van der Waals surface area contributed by atoms with Crippen LogP contribution in [0.3, 0.4) is 0 Å². The number of nitrogens with one attached hydrogen (secondary N) is 1. The Morgan fingerprint density at radius 1 is 1.20 bits per heavy atom. The van der Waals surface area contributed by atoms with E-state index in [-0.39, 0.29) is 10.8 Å². The van der Waals surface area contributed by atoms with E-state index in [9.17, 15) is 13.2 Å². The van der Waals surface area contributed by atoms with Crippen LogP contribution in [-0.2, 0) is 12.1 Å². The van der Waals surface area contributed by atoms with Crippen LogP contribution in [0.4, 0.5) is 24.7 Å². The van der Waals surface area contributed by atoms with Gasteiger partial charge >= 0.3 is 6.18 Å². The lowest BCUT2D eigenvalue weighted by Crippen LogP contribution is -2.06. The molecule has 106 valence electrons. The van der Waals surface area contributed by atoms with Gasteiger partial charge in [0.25, 0.3) is 0 Å². The molecule has 2 rings (SSSR count). The molecule has 0 radical (unpaired) electrons. The molecule has 1 aromatic carbocycles. The van der Waals surface area contributed by atoms with Crippen LogP contribution in [0.5, 0.6) is 0 Å². The van der Waals surface area contributed by atoms with Gasteiger partial charge in [-0.3, -0.25) is 0 Å². The molecule has 0 bridgehead atoms. The molecule has 1 aromatic heterocycles. The van der Waals surface area contributed by atoms with Gasteiger partial charge in [0, 0.05) is 17.8 Å². The minimum absolute atomic E-state index is 0.101. The van der Waals surface area contributed by atoms with E-state index in [2.05, 4.69) is 10.3 Å². The molecule has 0 saturated carbocycles. The Morgan fingerprint density at radius 2 is 1.95 bits per heavy atom. The van der Waals surface area contributed by atoms with Crippen molar-refractivity contribution in [2.45, 2.75) is 12.1 Å². The van der Waals surface area contributed by atoms with Crippen molar-refractivity contribution in [3.8, 4) is 0 Å². The molecule has 1 heterocycles. The van der Waals surface area contributed by atoms with Crippen molar-refractivity contribution in [1.29, 1.82) is 0 Å². The first kappa shape index (κ1) is 14.9. The molecular formula is C13H9Cl2F3N2. The Morgan fingerprint density at radius 3 is 2.55 bits per heavy atom. The maximum Gasteiger partial charge on any atom is 0.417 e. The molecule has 0 unspecified atom stereocenters. The van der Waals surface area contributed by atoms with Gasteiger partial charge in [-0.2, -0.15) is 13.2 Å². The lowest BCUT2D eigenvalue weighted by Gasteiger charge is -2.11. The minimum Gasteiger partial charge on any atom is -0.339 e. The molecule has 7 heteroatoms. The summed E-state index contributed by atoms with van der Waals surface area (Å²) in [5.74, 6) is 0.496. The summed E-state index contributed by atoms with van der Waals surface area (Å²) in [6.45, 7) is 0. The van der Waals surface area contributed by atoms with E-state index in [4.69, 9.17) is 23.2 Å². The molecular weight excluding hydrogens is 312 g/mol. The van der Waals surface area contributed by atoms with Gasteiger partial charge in [-0.15, -0.1) is 11.6 Å². The third kappa shape index (κ3) is 3.55. The molecule has 0 aliphatic heterocycles. The second-order valence-electron chi connectivity index (χ2n) is 4.01. The third-order valence-electron chi connectivity index (χ3n) is 2.51. The first-order valence-corrected chi connectivity index (χ1v) is 6.46. The van der Waals surface area contributed by atoms with Crippen LogP contribution >= 0.6 is 23.2 Å². The number of nitrogens with zero attached hydrogens (tertiary/aromatic N) is 1. The second kappa shape index (κ2) is 5.89. The number of pyridine rings is 1. The standard InChI is InChI=1S/C13H9Cl2F3N2/c14-6-8-2-1-3-10(4-8)20-12-11(15)5-9(7-19-12)13(16,17)18/h1-5,7H,6H2,(H,19,20). The van der Waals surface area contributed by atoms with Crippen molar-refractivity contribution in [2.24, 2.45) is 0 Å². The van der Waals surface area contributed by atoms with Crippen LogP contribution in [0, 0.1) is 0 Å². The maximum absolute atomic E-state index is 12.5. The molecule has 0 fully saturated rings. The topological polar surface area (TPSA) is 24.9 Å². The summed E-state index contributed by atoms with van der Waals surface area (Å²) in [4.78, 5) is 3.70. The van der Waals surface area contributed by atoms with Crippen molar-refractivity contribution in [3.63, 3.8) is 0 Å². The van der Waals surface area contributed by atoms with Crippen LogP contribution in [-0.4, -0.2) is 4.98 Å². The molecule has 0 atom stereocenters. The predicted octanol–water partition coefficient (Wildman–Crippen LogP) is 5.24. The number of rotatable bonds is 3. The van der Waals surface area contributed by atoms with Crippen LogP contribution in [0.25, 0.3) is 0 Å². The molecule has 0 aliphatic carbocycles. The molecule has 0 amide bonds. The van der Waals surface area contributed by atoms with E-state index in [1.807, 2.05) is 6.07 Å². The van der Waals surface area contributed by atoms with Crippen LogP contribution in [0.15, 0.2) is 36.5 Å². The van der Waals surface area contributed by atoms with Crippen LogP contribution < -0.4 is 5.32 Å². The highest BCUT2D eigenvalue weighted by Gasteiger charge is 2.31. The Bertz CT molecular complexity index is 615. The van der Waals surface area contributed by atoms with Gasteiger partial charge < -0.3 is 5.32 Å². The third-order valence-corrected chi connectivity index (χ3v) is 3.11.